The number of nitrogens with two attached hydrogens (primary N) is 1. The molecule has 0 spiro atoms. The van der Waals surface area contributed by atoms with E-state index >= 15 is 0 Å². The zero-order chi connectivity index (χ0) is 17.1. The van der Waals surface area contributed by atoms with Crippen LogP contribution < -0.4 is 5.73 Å². The normalized spacial score (nSPS) is 10.8. The highest BCUT2D eigenvalue weighted by Crippen LogP contribution is 2.02. The molecule has 0 aliphatic carbocycles. The lowest BCUT2D eigenvalue weighted by atomic mass is 10.2. The minimum Gasteiger partial charge on any atom is -0.462 e. The summed E-state index contributed by atoms with van der Waals surface area (Å²) in [7, 11) is 0. The van der Waals surface area contributed by atoms with Crippen LogP contribution in [0.4, 0.5) is 0 Å². The molecule has 0 heterocycles. The van der Waals surface area contributed by atoms with E-state index in [1.165, 1.54) is 0 Å². The maximum Gasteiger partial charge on any atom is 0.293 e. The first-order valence-electron chi connectivity index (χ1n) is 7.60. The van der Waals surface area contributed by atoms with Crippen molar-refractivity contribution in [3.05, 3.63) is 0 Å². The maximum atomic E-state index is 9.60. The number of carbonyl (C=O) groups is 1. The third-order valence-corrected chi connectivity index (χ3v) is 1.98. The second-order valence-electron chi connectivity index (χ2n) is 5.15. The van der Waals surface area contributed by atoms with E-state index in [-0.39, 0.29) is 5.60 Å². The van der Waals surface area contributed by atoms with Crippen LogP contribution in [0.15, 0.2) is 0 Å². The van der Waals surface area contributed by atoms with E-state index < -0.39 is 0 Å². The molecule has 0 aromatic heterocycles. The Morgan fingerprint density at radius 2 is 1.23 bits per heavy atom. The molecule has 0 unspecified atom stereocenters. The molecule has 0 saturated carbocycles. The van der Waals surface area contributed by atoms with Gasteiger partial charge in [0, 0.05) is 13.2 Å². The van der Waals surface area contributed by atoms with E-state index in [4.69, 9.17) is 24.7 Å². The lowest BCUT2D eigenvalue weighted by Gasteiger charge is -2.14. The largest absolute Gasteiger partial charge is 0.462 e. The van der Waals surface area contributed by atoms with Gasteiger partial charge in [-0.05, 0) is 27.7 Å². The first-order valence-corrected chi connectivity index (χ1v) is 7.60. The van der Waals surface area contributed by atoms with Crippen LogP contribution in [0.25, 0.3) is 0 Å². The number of hydrogen-bond donors (Lipinski definition) is 1. The molecule has 0 aromatic carbocycles. The second-order valence-corrected chi connectivity index (χ2v) is 5.15. The molecule has 0 saturated heterocycles. The number of hydrogen-bond acceptors (Lipinski definition) is 7. The standard InChI is InChI=1S/C10H23NO4.C5H10O2/c1-2-12-5-6-14-9-10-15-8-7-13-4-3-11;1-5(2,3)7-4-6/h2-11H2,1H3;4H,1-3H3. The Labute approximate surface area is 134 Å². The Hall–Kier alpha value is -0.730. The summed E-state index contributed by atoms with van der Waals surface area (Å²) in [4.78, 5) is 9.60. The number of rotatable bonds is 13. The van der Waals surface area contributed by atoms with Crippen molar-refractivity contribution in [1.82, 2.24) is 0 Å². The molecular weight excluding hydrogens is 290 g/mol. The van der Waals surface area contributed by atoms with Crippen molar-refractivity contribution in [3.63, 3.8) is 0 Å². The summed E-state index contributed by atoms with van der Waals surface area (Å²) >= 11 is 0. The fourth-order valence-corrected chi connectivity index (χ4v) is 1.03. The van der Waals surface area contributed by atoms with Crippen molar-refractivity contribution in [1.29, 1.82) is 0 Å². The molecular formula is C15H33NO6. The van der Waals surface area contributed by atoms with Crippen molar-refractivity contribution in [2.24, 2.45) is 5.73 Å². The van der Waals surface area contributed by atoms with Crippen molar-refractivity contribution < 1.29 is 28.5 Å². The molecule has 0 atom stereocenters. The average Bonchev–Trinajstić information content (AvgIpc) is 2.44. The highest BCUT2D eigenvalue weighted by atomic mass is 16.6. The molecule has 0 aromatic rings. The summed E-state index contributed by atoms with van der Waals surface area (Å²) in [5, 5.41) is 0. The minimum atomic E-state index is -0.318. The fraction of sp³-hybridized carbons (Fsp3) is 0.933. The van der Waals surface area contributed by atoms with Gasteiger partial charge >= 0.3 is 0 Å². The van der Waals surface area contributed by atoms with Gasteiger partial charge in [0.25, 0.3) is 6.47 Å². The summed E-state index contributed by atoms with van der Waals surface area (Å²) in [6.45, 7) is 13.4. The van der Waals surface area contributed by atoms with Crippen molar-refractivity contribution >= 4 is 6.47 Å². The molecule has 0 rings (SSSR count). The Morgan fingerprint density at radius 3 is 1.50 bits per heavy atom. The van der Waals surface area contributed by atoms with Crippen LogP contribution in [0, 0.1) is 0 Å². The van der Waals surface area contributed by atoms with Crippen molar-refractivity contribution in [2.45, 2.75) is 33.3 Å². The topological polar surface area (TPSA) is 89.2 Å². The fourth-order valence-electron chi connectivity index (χ4n) is 1.03. The Balaban J connectivity index is 0. The summed E-state index contributed by atoms with van der Waals surface area (Å²) in [5.74, 6) is 0. The molecule has 0 amide bonds. The van der Waals surface area contributed by atoms with Crippen LogP contribution in [-0.2, 0) is 28.5 Å². The minimum absolute atomic E-state index is 0.318. The maximum absolute atomic E-state index is 9.60. The Morgan fingerprint density at radius 1 is 0.818 bits per heavy atom. The van der Waals surface area contributed by atoms with Crippen LogP contribution in [0.2, 0.25) is 0 Å². The van der Waals surface area contributed by atoms with E-state index in [1.54, 1.807) is 0 Å². The van der Waals surface area contributed by atoms with Gasteiger partial charge in [0.1, 0.15) is 5.60 Å². The zero-order valence-electron chi connectivity index (χ0n) is 14.5. The summed E-state index contributed by atoms with van der Waals surface area (Å²) in [6, 6.07) is 0. The van der Waals surface area contributed by atoms with Crippen molar-refractivity contribution in [2.75, 3.05) is 59.4 Å². The monoisotopic (exact) mass is 323 g/mol. The molecule has 0 radical (unpaired) electrons. The molecule has 0 bridgehead atoms. The summed E-state index contributed by atoms with van der Waals surface area (Å²) in [5.41, 5.74) is 4.93. The van der Waals surface area contributed by atoms with Crippen LogP contribution in [-0.4, -0.2) is 71.5 Å². The third kappa shape index (κ3) is 27.6. The second kappa shape index (κ2) is 18.3. The quantitative estimate of drug-likeness (QED) is 0.399. The number of ether oxygens (including phenoxy) is 5. The zero-order valence-corrected chi connectivity index (χ0v) is 14.5. The van der Waals surface area contributed by atoms with Gasteiger partial charge in [-0.3, -0.25) is 4.79 Å². The first kappa shape index (κ1) is 23.5. The molecule has 134 valence electrons. The first-order chi connectivity index (χ1) is 10.5. The molecule has 22 heavy (non-hydrogen) atoms. The smallest absolute Gasteiger partial charge is 0.293 e. The number of carbonyl (C=O) groups excluding carboxylic acids is 1. The third-order valence-electron chi connectivity index (χ3n) is 1.98. The van der Waals surface area contributed by atoms with Crippen LogP contribution >= 0.6 is 0 Å². The van der Waals surface area contributed by atoms with Gasteiger partial charge in [-0.2, -0.15) is 0 Å². The molecule has 0 fully saturated rings. The van der Waals surface area contributed by atoms with Gasteiger partial charge in [-0.25, -0.2) is 0 Å². The molecule has 2 N–H and O–H groups in total. The molecule has 7 nitrogen and oxygen atoms in total. The predicted octanol–water partition coefficient (Wildman–Crippen LogP) is 0.989. The van der Waals surface area contributed by atoms with E-state index in [1.807, 2.05) is 27.7 Å². The van der Waals surface area contributed by atoms with Crippen LogP contribution in [0.1, 0.15) is 27.7 Å². The Kier molecular flexibility index (Phi) is 19.6. The van der Waals surface area contributed by atoms with Gasteiger partial charge in [0.15, 0.2) is 0 Å². The lowest BCUT2D eigenvalue weighted by Crippen LogP contribution is -2.17. The molecule has 0 aliphatic heterocycles. The highest BCUT2D eigenvalue weighted by molar-refractivity contribution is 5.37. The van der Waals surface area contributed by atoms with E-state index in [0.717, 1.165) is 6.61 Å². The molecule has 7 heteroatoms. The lowest BCUT2D eigenvalue weighted by molar-refractivity contribution is -0.138. The van der Waals surface area contributed by atoms with Gasteiger partial charge in [0.05, 0.1) is 46.2 Å². The van der Waals surface area contributed by atoms with Gasteiger partial charge in [0.2, 0.25) is 0 Å². The summed E-state index contributed by atoms with van der Waals surface area (Å²) < 4.78 is 25.3. The highest BCUT2D eigenvalue weighted by Gasteiger charge is 2.07. The van der Waals surface area contributed by atoms with Gasteiger partial charge in [-0.1, -0.05) is 0 Å². The van der Waals surface area contributed by atoms with Gasteiger partial charge < -0.3 is 29.4 Å². The SMILES string of the molecule is CC(C)(C)OC=O.CCOCCOCCOCCOCCN. The van der Waals surface area contributed by atoms with E-state index in [9.17, 15) is 4.79 Å². The van der Waals surface area contributed by atoms with E-state index in [2.05, 4.69) is 4.74 Å². The van der Waals surface area contributed by atoms with Crippen LogP contribution in [0.5, 0.6) is 0 Å². The van der Waals surface area contributed by atoms with Crippen molar-refractivity contribution in [3.8, 4) is 0 Å². The summed E-state index contributed by atoms with van der Waals surface area (Å²) in [6.07, 6.45) is 0. The van der Waals surface area contributed by atoms with Gasteiger partial charge in [-0.15, -0.1) is 0 Å². The van der Waals surface area contributed by atoms with Crippen LogP contribution in [0.3, 0.4) is 0 Å². The van der Waals surface area contributed by atoms with E-state index in [0.29, 0.717) is 59.3 Å². The average molecular weight is 323 g/mol. The molecule has 0 aliphatic rings. The Bertz CT molecular complexity index is 209. The predicted molar refractivity (Wildman–Crippen MR) is 84.9 cm³/mol.